The van der Waals surface area contributed by atoms with E-state index in [-0.39, 0.29) is 0 Å². The van der Waals surface area contributed by atoms with Crippen molar-refractivity contribution in [2.45, 2.75) is 73.1 Å². The predicted octanol–water partition coefficient (Wildman–Crippen LogP) is 6.97. The fourth-order valence-corrected chi connectivity index (χ4v) is 4.09. The molecule has 0 fully saturated rings. The van der Waals surface area contributed by atoms with Gasteiger partial charge >= 0.3 is 0 Å². The maximum atomic E-state index is 2.44. The van der Waals surface area contributed by atoms with Gasteiger partial charge in [0.1, 0.15) is 0 Å². The van der Waals surface area contributed by atoms with Gasteiger partial charge in [-0.25, -0.2) is 0 Å². The van der Waals surface area contributed by atoms with E-state index in [1.54, 1.807) is 11.1 Å². The quantitative estimate of drug-likeness (QED) is 0.515. The van der Waals surface area contributed by atoms with E-state index in [0.29, 0.717) is 5.92 Å². The number of benzene rings is 1. The van der Waals surface area contributed by atoms with Gasteiger partial charge in [-0.2, -0.15) is 0 Å². The molecular formula is C22H32. The summed E-state index contributed by atoms with van der Waals surface area (Å²) < 4.78 is 0. The predicted molar refractivity (Wildman–Crippen MR) is 99.4 cm³/mol. The van der Waals surface area contributed by atoms with E-state index in [1.807, 2.05) is 0 Å². The van der Waals surface area contributed by atoms with Crippen molar-refractivity contribution in [1.82, 2.24) is 0 Å². The van der Waals surface area contributed by atoms with Gasteiger partial charge in [0.2, 0.25) is 0 Å². The summed E-state index contributed by atoms with van der Waals surface area (Å²) in [6.45, 7) is 13.8. The average molecular weight is 296 g/mol. The third-order valence-electron chi connectivity index (χ3n) is 5.41. The maximum absolute atomic E-state index is 2.44. The topological polar surface area (TPSA) is 0 Å². The first-order valence-electron chi connectivity index (χ1n) is 8.93. The van der Waals surface area contributed by atoms with Crippen LogP contribution in [0.3, 0.4) is 0 Å². The van der Waals surface area contributed by atoms with Crippen molar-refractivity contribution in [3.05, 3.63) is 52.1 Å². The van der Waals surface area contributed by atoms with Crippen molar-refractivity contribution in [3.63, 3.8) is 0 Å². The molecule has 0 heterocycles. The Morgan fingerprint density at radius 1 is 1.23 bits per heavy atom. The minimum absolute atomic E-state index is 0.615. The highest BCUT2D eigenvalue weighted by molar-refractivity contribution is 5.70. The minimum atomic E-state index is 0.615. The molecule has 0 bridgehead atoms. The fourth-order valence-electron chi connectivity index (χ4n) is 4.09. The molecule has 0 amide bonds. The van der Waals surface area contributed by atoms with E-state index in [9.17, 15) is 0 Å². The molecule has 120 valence electrons. The van der Waals surface area contributed by atoms with E-state index in [0.717, 1.165) is 5.92 Å². The molecule has 1 aromatic rings. The van der Waals surface area contributed by atoms with Crippen LogP contribution in [0.2, 0.25) is 0 Å². The monoisotopic (exact) mass is 296 g/mol. The third-order valence-corrected chi connectivity index (χ3v) is 5.41. The average Bonchev–Trinajstić information content (AvgIpc) is 2.82. The lowest BCUT2D eigenvalue weighted by atomic mass is 9.79. The van der Waals surface area contributed by atoms with Crippen LogP contribution < -0.4 is 0 Å². The van der Waals surface area contributed by atoms with Crippen LogP contribution >= 0.6 is 0 Å². The molecule has 2 atom stereocenters. The number of rotatable bonds is 5. The number of hydrogen-bond acceptors (Lipinski definition) is 0. The Morgan fingerprint density at radius 3 is 2.50 bits per heavy atom. The number of unbranched alkanes of at least 4 members (excludes halogenated alkanes) is 1. The molecule has 0 saturated heterocycles. The zero-order chi connectivity index (χ0) is 16.3. The van der Waals surface area contributed by atoms with Crippen molar-refractivity contribution >= 4 is 5.57 Å². The van der Waals surface area contributed by atoms with Crippen LogP contribution in [-0.2, 0) is 0 Å². The Morgan fingerprint density at radius 2 is 1.95 bits per heavy atom. The van der Waals surface area contributed by atoms with E-state index in [2.05, 4.69) is 65.8 Å². The summed E-state index contributed by atoms with van der Waals surface area (Å²) in [5.41, 5.74) is 9.12. The highest BCUT2D eigenvalue weighted by atomic mass is 14.3. The molecule has 0 spiro atoms. The number of allylic oxidation sites excluding steroid dienone is 4. The second-order valence-corrected chi connectivity index (χ2v) is 7.02. The second-order valence-electron chi connectivity index (χ2n) is 7.02. The summed E-state index contributed by atoms with van der Waals surface area (Å²) in [7, 11) is 0. The molecule has 0 aromatic heterocycles. The summed E-state index contributed by atoms with van der Waals surface area (Å²) in [4.78, 5) is 0. The van der Waals surface area contributed by atoms with Gasteiger partial charge in [0.05, 0.1) is 0 Å². The molecule has 1 aliphatic rings. The largest absolute Gasteiger partial charge is 0.0847 e. The van der Waals surface area contributed by atoms with Crippen molar-refractivity contribution in [2.75, 3.05) is 0 Å². The summed E-state index contributed by atoms with van der Waals surface area (Å²) in [6.07, 6.45) is 9.72. The van der Waals surface area contributed by atoms with Crippen LogP contribution in [0.5, 0.6) is 0 Å². The second kappa shape index (κ2) is 7.31. The van der Waals surface area contributed by atoms with Gasteiger partial charge in [0, 0.05) is 5.92 Å². The van der Waals surface area contributed by atoms with Crippen molar-refractivity contribution in [2.24, 2.45) is 5.92 Å². The molecule has 22 heavy (non-hydrogen) atoms. The lowest BCUT2D eigenvalue weighted by Crippen LogP contribution is -2.10. The first-order valence-corrected chi connectivity index (χ1v) is 8.93. The Labute approximate surface area is 137 Å². The number of hydrogen-bond donors (Lipinski definition) is 0. The van der Waals surface area contributed by atoms with Crippen LogP contribution in [0.15, 0.2) is 29.9 Å². The molecular weight excluding hydrogens is 264 g/mol. The van der Waals surface area contributed by atoms with E-state index < -0.39 is 0 Å². The molecule has 2 rings (SSSR count). The fraction of sp³-hybridized carbons (Fsp3) is 0.545. The third kappa shape index (κ3) is 3.21. The molecule has 2 unspecified atom stereocenters. The van der Waals surface area contributed by atoms with Crippen LogP contribution in [-0.4, -0.2) is 0 Å². The minimum Gasteiger partial charge on any atom is -0.0847 e. The molecule has 0 aliphatic heterocycles. The number of aryl methyl sites for hydroxylation is 1. The molecule has 1 aromatic carbocycles. The van der Waals surface area contributed by atoms with Gasteiger partial charge in [0.15, 0.2) is 0 Å². The summed E-state index contributed by atoms with van der Waals surface area (Å²) >= 11 is 0. The summed E-state index contributed by atoms with van der Waals surface area (Å²) in [6, 6.07) is 4.68. The van der Waals surface area contributed by atoms with E-state index in [1.165, 1.54) is 47.9 Å². The van der Waals surface area contributed by atoms with Gasteiger partial charge in [-0.3, -0.25) is 0 Å². The SMILES string of the molecule is C/C=C(/CCCC)c1ccc(C)c(C2C(C)=CCC2C)c1C. The highest BCUT2D eigenvalue weighted by Gasteiger charge is 2.28. The van der Waals surface area contributed by atoms with Crippen LogP contribution in [0.25, 0.3) is 5.57 Å². The van der Waals surface area contributed by atoms with Crippen molar-refractivity contribution in [3.8, 4) is 0 Å². The van der Waals surface area contributed by atoms with Gasteiger partial charge in [0.25, 0.3) is 0 Å². The molecule has 0 radical (unpaired) electrons. The Balaban J connectivity index is 2.48. The van der Waals surface area contributed by atoms with Crippen LogP contribution in [0.4, 0.5) is 0 Å². The molecule has 0 nitrogen and oxygen atoms in total. The van der Waals surface area contributed by atoms with Gasteiger partial charge < -0.3 is 0 Å². The molecule has 0 N–H and O–H groups in total. The first kappa shape index (κ1) is 17.1. The Bertz CT molecular complexity index is 586. The maximum Gasteiger partial charge on any atom is 0.00794 e. The molecule has 1 aliphatic carbocycles. The zero-order valence-electron chi connectivity index (χ0n) is 15.3. The lowest BCUT2D eigenvalue weighted by Gasteiger charge is -2.25. The van der Waals surface area contributed by atoms with Gasteiger partial charge in [-0.05, 0) is 80.7 Å². The van der Waals surface area contributed by atoms with E-state index >= 15 is 0 Å². The Kier molecular flexibility index (Phi) is 5.67. The Hall–Kier alpha value is -1.30. The van der Waals surface area contributed by atoms with Crippen LogP contribution in [0, 0.1) is 19.8 Å². The summed E-state index contributed by atoms with van der Waals surface area (Å²) in [5, 5.41) is 0. The smallest absolute Gasteiger partial charge is 0.00794 e. The normalized spacial score (nSPS) is 22.1. The van der Waals surface area contributed by atoms with Gasteiger partial charge in [-0.15, -0.1) is 0 Å². The standard InChI is InChI=1S/C22H32/c1-7-9-10-19(8-2)20-14-13-17(5)22(18(20)6)21-15(3)11-12-16(21)4/h8,11,13-14,16,21H,7,9-10,12H2,1-6H3/b19-8-. The van der Waals surface area contributed by atoms with Crippen molar-refractivity contribution in [1.29, 1.82) is 0 Å². The zero-order valence-corrected chi connectivity index (χ0v) is 15.3. The van der Waals surface area contributed by atoms with E-state index in [4.69, 9.17) is 0 Å². The molecule has 0 saturated carbocycles. The first-order chi connectivity index (χ1) is 10.5. The van der Waals surface area contributed by atoms with Gasteiger partial charge in [-0.1, -0.05) is 50.1 Å². The van der Waals surface area contributed by atoms with Crippen molar-refractivity contribution < 1.29 is 0 Å². The summed E-state index contributed by atoms with van der Waals surface area (Å²) in [5.74, 6) is 1.35. The lowest BCUT2D eigenvalue weighted by molar-refractivity contribution is 0.547. The van der Waals surface area contributed by atoms with Crippen LogP contribution in [0.1, 0.15) is 81.5 Å². The highest BCUT2D eigenvalue weighted by Crippen LogP contribution is 2.43. The molecule has 0 heteroatoms.